The number of hydrogen-bond donors (Lipinski definition) is 0. The molecule has 3 heteroatoms. The molecule has 2 nitrogen and oxygen atoms in total. The summed E-state index contributed by atoms with van der Waals surface area (Å²) in [5, 5.41) is 0. The number of hydrogen-bond acceptors (Lipinski definition) is 2. The first kappa shape index (κ1) is 7.25. The lowest BCUT2D eigenvalue weighted by atomic mass is 9.88. The Labute approximate surface area is 58.7 Å². The van der Waals surface area contributed by atoms with Crippen molar-refractivity contribution in [3.63, 3.8) is 0 Å². The van der Waals surface area contributed by atoms with Crippen molar-refractivity contribution < 1.29 is 13.9 Å². The molecule has 0 radical (unpaired) electrons. The van der Waals surface area contributed by atoms with Gasteiger partial charge in [-0.2, -0.15) is 0 Å². The molecule has 56 valence electrons. The van der Waals surface area contributed by atoms with Crippen LogP contribution in [0, 0.1) is 5.41 Å². The highest BCUT2D eigenvalue weighted by atomic mass is 19.1. The van der Waals surface area contributed by atoms with E-state index in [1.165, 1.54) is 0 Å². The summed E-state index contributed by atoms with van der Waals surface area (Å²) >= 11 is 0. The second-order valence-electron chi connectivity index (χ2n) is 2.98. The van der Waals surface area contributed by atoms with E-state index in [-0.39, 0.29) is 12.2 Å². The van der Waals surface area contributed by atoms with Crippen LogP contribution in [0.2, 0.25) is 0 Å². The van der Waals surface area contributed by atoms with Crippen LogP contribution in [0.3, 0.4) is 0 Å². The predicted molar refractivity (Wildman–Crippen MR) is 33.9 cm³/mol. The van der Waals surface area contributed by atoms with Crippen LogP contribution in [0.5, 0.6) is 0 Å². The minimum Gasteiger partial charge on any atom is -0.461 e. The maximum atomic E-state index is 12.0. The molecule has 1 fully saturated rings. The van der Waals surface area contributed by atoms with Gasteiger partial charge >= 0.3 is 5.97 Å². The monoisotopic (exact) mass is 144 g/mol. The lowest BCUT2D eigenvalue weighted by molar-refractivity contribution is -0.135. The van der Waals surface area contributed by atoms with Crippen LogP contribution < -0.4 is 0 Å². The molecular weight excluding hydrogens is 135 g/mol. The van der Waals surface area contributed by atoms with Gasteiger partial charge in [0.25, 0.3) is 0 Å². The fourth-order valence-electron chi connectivity index (χ4n) is 0.870. The van der Waals surface area contributed by atoms with Crippen LogP contribution >= 0.6 is 0 Å². The molecule has 1 rings (SSSR count). The Morgan fingerprint density at radius 1 is 1.70 bits per heavy atom. The van der Waals surface area contributed by atoms with Crippen molar-refractivity contribution >= 4 is 5.97 Å². The first-order valence-electron chi connectivity index (χ1n) is 3.06. The van der Waals surface area contributed by atoms with Crippen LogP contribution in [0.1, 0.15) is 13.8 Å². The molecule has 1 aliphatic rings. The maximum absolute atomic E-state index is 12.0. The lowest BCUT2D eigenvalue weighted by Gasteiger charge is -2.11. The number of cyclic esters (lactones) is 1. The van der Waals surface area contributed by atoms with Gasteiger partial charge in [0.05, 0.1) is 11.9 Å². The normalized spacial score (nSPS) is 27.1. The second kappa shape index (κ2) is 2.08. The predicted octanol–water partition coefficient (Wildman–Crippen LogP) is 1.42. The van der Waals surface area contributed by atoms with E-state index >= 15 is 0 Å². The van der Waals surface area contributed by atoms with Gasteiger partial charge in [-0.25, -0.2) is 9.18 Å². The Balaban J connectivity index is 2.95. The summed E-state index contributed by atoms with van der Waals surface area (Å²) in [6.07, 6.45) is 0.329. The number of carbonyl (C=O) groups excluding carboxylic acids is 1. The van der Waals surface area contributed by atoms with Gasteiger partial charge in [0, 0.05) is 5.41 Å². The largest absolute Gasteiger partial charge is 0.461 e. The summed E-state index contributed by atoms with van der Waals surface area (Å²) in [4.78, 5) is 10.7. The Hall–Kier alpha value is -0.860. The first-order chi connectivity index (χ1) is 4.58. The van der Waals surface area contributed by atoms with Crippen LogP contribution in [0.25, 0.3) is 0 Å². The highest BCUT2D eigenvalue weighted by Crippen LogP contribution is 2.33. The molecule has 0 amide bonds. The van der Waals surface area contributed by atoms with E-state index in [0.717, 1.165) is 0 Å². The topological polar surface area (TPSA) is 26.3 Å². The van der Waals surface area contributed by atoms with Crippen molar-refractivity contribution in [3.8, 4) is 0 Å². The first-order valence-corrected chi connectivity index (χ1v) is 3.06. The van der Waals surface area contributed by atoms with Crippen molar-refractivity contribution in [1.29, 1.82) is 0 Å². The molecule has 0 aromatic rings. The van der Waals surface area contributed by atoms with Gasteiger partial charge in [0.15, 0.2) is 0 Å². The molecular formula is C7H9FO2. The van der Waals surface area contributed by atoms with Crippen molar-refractivity contribution in [3.05, 3.63) is 11.9 Å². The van der Waals surface area contributed by atoms with Crippen molar-refractivity contribution in [2.24, 2.45) is 5.41 Å². The molecule has 1 heterocycles. The van der Waals surface area contributed by atoms with Crippen LogP contribution in [-0.2, 0) is 9.53 Å². The van der Waals surface area contributed by atoms with Crippen LogP contribution in [-0.4, -0.2) is 12.6 Å². The van der Waals surface area contributed by atoms with Gasteiger partial charge < -0.3 is 4.74 Å². The fourth-order valence-corrected chi connectivity index (χ4v) is 0.870. The van der Waals surface area contributed by atoms with Crippen molar-refractivity contribution in [1.82, 2.24) is 0 Å². The van der Waals surface area contributed by atoms with Crippen LogP contribution in [0.4, 0.5) is 4.39 Å². The van der Waals surface area contributed by atoms with Gasteiger partial charge in [0.2, 0.25) is 0 Å². The Morgan fingerprint density at radius 3 is 2.50 bits per heavy atom. The van der Waals surface area contributed by atoms with E-state index in [2.05, 4.69) is 4.74 Å². The Bertz CT molecular complexity index is 194. The van der Waals surface area contributed by atoms with E-state index in [1.807, 2.05) is 0 Å². The van der Waals surface area contributed by atoms with Gasteiger partial charge in [-0.3, -0.25) is 0 Å². The Morgan fingerprint density at radius 2 is 2.30 bits per heavy atom. The molecule has 0 bridgehead atoms. The van der Waals surface area contributed by atoms with Crippen LogP contribution in [0.15, 0.2) is 11.9 Å². The minimum absolute atomic E-state index is 0.132. The zero-order valence-corrected chi connectivity index (χ0v) is 5.98. The van der Waals surface area contributed by atoms with E-state index in [9.17, 15) is 9.18 Å². The summed E-state index contributed by atoms with van der Waals surface area (Å²) in [5.41, 5.74) is -0.321. The zero-order valence-electron chi connectivity index (χ0n) is 5.98. The molecule has 0 N–H and O–H groups in total. The third kappa shape index (κ3) is 0.916. The fraction of sp³-hybridized carbons (Fsp3) is 0.571. The standard InChI is InChI=1S/C7H9FO2/c1-7(2)4-10-6(9)5(7)3-8/h3H,4H2,1-2H3/b5-3-. The number of ether oxygens (including phenoxy) is 1. The molecule has 10 heavy (non-hydrogen) atoms. The van der Waals surface area contributed by atoms with Crippen molar-refractivity contribution in [2.75, 3.05) is 6.61 Å². The van der Waals surface area contributed by atoms with E-state index in [1.54, 1.807) is 13.8 Å². The second-order valence-corrected chi connectivity index (χ2v) is 2.98. The average Bonchev–Trinajstić information content (AvgIpc) is 2.07. The molecule has 0 spiro atoms. The zero-order chi connectivity index (χ0) is 7.78. The highest BCUT2D eigenvalue weighted by molar-refractivity contribution is 5.91. The average molecular weight is 144 g/mol. The summed E-state index contributed by atoms with van der Waals surface area (Å²) < 4.78 is 16.6. The summed E-state index contributed by atoms with van der Waals surface area (Å²) in [6.45, 7) is 3.81. The Kier molecular flexibility index (Phi) is 1.50. The van der Waals surface area contributed by atoms with Gasteiger partial charge in [-0.1, -0.05) is 13.8 Å². The summed E-state index contributed by atoms with van der Waals surface area (Å²) in [5.74, 6) is -0.535. The number of esters is 1. The summed E-state index contributed by atoms with van der Waals surface area (Å²) in [7, 11) is 0. The molecule has 0 aromatic carbocycles. The molecule has 0 atom stereocenters. The molecule has 0 aromatic heterocycles. The van der Waals surface area contributed by atoms with Gasteiger partial charge in [0.1, 0.15) is 6.61 Å². The van der Waals surface area contributed by atoms with Gasteiger partial charge in [-0.15, -0.1) is 0 Å². The lowest BCUT2D eigenvalue weighted by Crippen LogP contribution is -2.13. The van der Waals surface area contributed by atoms with Gasteiger partial charge in [-0.05, 0) is 0 Å². The number of rotatable bonds is 0. The molecule has 0 unspecified atom stereocenters. The maximum Gasteiger partial charge on any atom is 0.337 e. The molecule has 0 aliphatic carbocycles. The number of halogens is 1. The SMILES string of the molecule is CC1(C)COC(=O)/C1=C/F. The quantitative estimate of drug-likeness (QED) is 0.379. The molecule has 1 aliphatic heterocycles. The minimum atomic E-state index is -0.535. The third-order valence-electron chi connectivity index (χ3n) is 1.62. The third-order valence-corrected chi connectivity index (χ3v) is 1.62. The number of carbonyl (C=O) groups is 1. The van der Waals surface area contributed by atoms with E-state index in [0.29, 0.717) is 6.33 Å². The van der Waals surface area contributed by atoms with E-state index in [4.69, 9.17) is 0 Å². The smallest absolute Gasteiger partial charge is 0.337 e. The highest BCUT2D eigenvalue weighted by Gasteiger charge is 2.37. The molecule has 1 saturated heterocycles. The van der Waals surface area contributed by atoms with Crippen molar-refractivity contribution in [2.45, 2.75) is 13.8 Å². The summed E-state index contributed by atoms with van der Waals surface area (Å²) in [6, 6.07) is 0. The molecule has 0 saturated carbocycles. The van der Waals surface area contributed by atoms with E-state index < -0.39 is 11.4 Å².